The molecule has 2 aromatic carbocycles. The van der Waals surface area contributed by atoms with Crippen LogP contribution in [0.3, 0.4) is 0 Å². The van der Waals surface area contributed by atoms with Crippen molar-refractivity contribution in [1.82, 2.24) is 9.80 Å². The largest absolute Gasteiger partial charge is 0.376 e. The Kier molecular flexibility index (Phi) is 6.40. The van der Waals surface area contributed by atoms with Gasteiger partial charge in [-0.25, -0.2) is 0 Å². The quantitative estimate of drug-likeness (QED) is 0.736. The number of likely N-dealkylation sites (tertiary alicyclic amines) is 1. The summed E-state index contributed by atoms with van der Waals surface area (Å²) in [7, 11) is 1.75. The SMILES string of the molecule is CN(CCCN1CCC2(CC1)OCc1ccccc12)C(=O)C(C)(O)c1ccc(Cl)cc1. The van der Waals surface area contributed by atoms with E-state index in [0.29, 0.717) is 17.1 Å². The Bertz CT molecular complexity index is 921. The first-order valence-corrected chi connectivity index (χ1v) is 11.4. The molecule has 0 bridgehead atoms. The van der Waals surface area contributed by atoms with Crippen LogP contribution < -0.4 is 0 Å². The van der Waals surface area contributed by atoms with Crippen molar-refractivity contribution in [2.45, 2.75) is 44.0 Å². The summed E-state index contributed by atoms with van der Waals surface area (Å²) in [5, 5.41) is 11.4. The van der Waals surface area contributed by atoms with Crippen molar-refractivity contribution in [3.05, 3.63) is 70.2 Å². The number of ether oxygens (including phenoxy) is 1. The van der Waals surface area contributed by atoms with Gasteiger partial charge in [-0.15, -0.1) is 0 Å². The summed E-state index contributed by atoms with van der Waals surface area (Å²) in [5.41, 5.74) is 1.56. The van der Waals surface area contributed by atoms with Crippen LogP contribution >= 0.6 is 11.6 Å². The molecule has 1 amide bonds. The van der Waals surface area contributed by atoms with Crippen molar-refractivity contribution in [3.63, 3.8) is 0 Å². The van der Waals surface area contributed by atoms with Gasteiger partial charge in [0.25, 0.3) is 5.91 Å². The molecule has 1 saturated heterocycles. The third kappa shape index (κ3) is 4.51. The van der Waals surface area contributed by atoms with Crippen LogP contribution in [0.1, 0.15) is 42.9 Å². The van der Waals surface area contributed by atoms with Gasteiger partial charge in [0.1, 0.15) is 0 Å². The highest BCUT2D eigenvalue weighted by Crippen LogP contribution is 2.43. The average Bonchev–Trinajstić information content (AvgIpc) is 3.13. The van der Waals surface area contributed by atoms with Crippen molar-refractivity contribution >= 4 is 17.5 Å². The predicted octanol–water partition coefficient (Wildman–Crippen LogP) is 3.92. The van der Waals surface area contributed by atoms with E-state index in [0.717, 1.165) is 45.5 Å². The third-order valence-electron chi connectivity index (χ3n) is 6.81. The maximum Gasteiger partial charge on any atom is 0.258 e. The van der Waals surface area contributed by atoms with Gasteiger partial charge < -0.3 is 19.6 Å². The summed E-state index contributed by atoms with van der Waals surface area (Å²) >= 11 is 5.92. The van der Waals surface area contributed by atoms with Crippen LogP contribution in [0.15, 0.2) is 48.5 Å². The molecule has 0 aromatic heterocycles. The summed E-state index contributed by atoms with van der Waals surface area (Å²) in [4.78, 5) is 16.9. The standard InChI is InChI=1S/C25H31ClN2O3/c1-24(30,20-8-10-21(26)11-9-20)23(29)27(2)14-5-15-28-16-12-25(13-17-28)22-7-4-3-6-19(22)18-31-25/h3-4,6-11,30H,5,12-18H2,1-2H3. The summed E-state index contributed by atoms with van der Waals surface area (Å²) in [6.07, 6.45) is 2.87. The van der Waals surface area contributed by atoms with Crippen molar-refractivity contribution in [1.29, 1.82) is 0 Å². The lowest BCUT2D eigenvalue weighted by atomic mass is 9.84. The van der Waals surface area contributed by atoms with Crippen LogP contribution in [0.4, 0.5) is 0 Å². The number of carbonyl (C=O) groups excluding carboxylic acids is 1. The van der Waals surface area contributed by atoms with Crippen LogP contribution in [0.2, 0.25) is 5.02 Å². The topological polar surface area (TPSA) is 53.0 Å². The Morgan fingerprint density at radius 1 is 1.19 bits per heavy atom. The summed E-state index contributed by atoms with van der Waals surface area (Å²) in [5.74, 6) is -0.302. The lowest BCUT2D eigenvalue weighted by molar-refractivity contribution is -0.149. The van der Waals surface area contributed by atoms with Gasteiger partial charge in [0, 0.05) is 31.7 Å². The van der Waals surface area contributed by atoms with Crippen LogP contribution in [0, 0.1) is 0 Å². The Morgan fingerprint density at radius 2 is 1.87 bits per heavy atom. The first kappa shape index (κ1) is 22.3. The molecule has 166 valence electrons. The number of aliphatic hydroxyl groups is 1. The third-order valence-corrected chi connectivity index (χ3v) is 7.07. The van der Waals surface area contributed by atoms with Gasteiger partial charge in [-0.05, 0) is 61.6 Å². The highest BCUT2D eigenvalue weighted by Gasteiger charge is 2.42. The van der Waals surface area contributed by atoms with Crippen LogP contribution in [0.5, 0.6) is 0 Å². The predicted molar refractivity (Wildman–Crippen MR) is 122 cm³/mol. The molecule has 1 unspecified atom stereocenters. The highest BCUT2D eigenvalue weighted by atomic mass is 35.5. The van der Waals surface area contributed by atoms with Crippen molar-refractivity contribution < 1.29 is 14.6 Å². The number of halogens is 1. The van der Waals surface area contributed by atoms with Crippen LogP contribution in [-0.4, -0.2) is 54.0 Å². The molecule has 2 aliphatic rings. The number of nitrogens with zero attached hydrogens (tertiary/aromatic N) is 2. The number of hydrogen-bond acceptors (Lipinski definition) is 4. The van der Waals surface area contributed by atoms with E-state index in [1.807, 2.05) is 0 Å². The maximum absolute atomic E-state index is 12.8. The number of benzene rings is 2. The smallest absolute Gasteiger partial charge is 0.258 e. The second kappa shape index (κ2) is 8.91. The number of amides is 1. The van der Waals surface area contributed by atoms with Crippen LogP contribution in [-0.2, 0) is 27.3 Å². The molecule has 0 radical (unpaired) electrons. The van der Waals surface area contributed by atoms with E-state index in [9.17, 15) is 9.90 Å². The second-order valence-corrected chi connectivity index (χ2v) is 9.38. The molecule has 2 aliphatic heterocycles. The molecule has 2 heterocycles. The van der Waals surface area contributed by atoms with Crippen LogP contribution in [0.25, 0.3) is 0 Å². The Balaban J connectivity index is 1.26. The van der Waals surface area contributed by atoms with E-state index >= 15 is 0 Å². The minimum atomic E-state index is -1.57. The lowest BCUT2D eigenvalue weighted by Gasteiger charge is -2.39. The highest BCUT2D eigenvalue weighted by molar-refractivity contribution is 6.30. The average molecular weight is 443 g/mol. The number of piperidine rings is 1. The van der Waals surface area contributed by atoms with E-state index in [1.54, 1.807) is 43.1 Å². The molecule has 1 fully saturated rings. The molecule has 4 rings (SSSR count). The van der Waals surface area contributed by atoms with E-state index < -0.39 is 5.60 Å². The zero-order chi connectivity index (χ0) is 22.1. The van der Waals surface area contributed by atoms with Crippen molar-refractivity contribution in [3.8, 4) is 0 Å². The Labute approximate surface area is 189 Å². The molecule has 1 spiro atoms. The molecule has 1 atom stereocenters. The molecular weight excluding hydrogens is 412 g/mol. The minimum Gasteiger partial charge on any atom is -0.376 e. The summed E-state index contributed by atoms with van der Waals surface area (Å²) in [6.45, 7) is 5.78. The molecule has 0 saturated carbocycles. The molecular formula is C25H31ClN2O3. The second-order valence-electron chi connectivity index (χ2n) is 8.94. The normalized spacial score (nSPS) is 19.7. The minimum absolute atomic E-state index is 0.114. The van der Waals surface area contributed by atoms with Gasteiger partial charge >= 0.3 is 0 Å². The number of carbonyl (C=O) groups is 1. The van der Waals surface area contributed by atoms with E-state index in [4.69, 9.17) is 16.3 Å². The van der Waals surface area contributed by atoms with Gasteiger partial charge in [-0.2, -0.15) is 0 Å². The van der Waals surface area contributed by atoms with E-state index in [-0.39, 0.29) is 11.5 Å². The van der Waals surface area contributed by atoms with E-state index in [1.165, 1.54) is 11.1 Å². The molecule has 5 nitrogen and oxygen atoms in total. The zero-order valence-corrected chi connectivity index (χ0v) is 19.1. The fourth-order valence-electron chi connectivity index (χ4n) is 4.84. The number of likely N-dealkylation sites (N-methyl/N-ethyl adjacent to an activating group) is 1. The number of hydrogen-bond donors (Lipinski definition) is 1. The van der Waals surface area contributed by atoms with Gasteiger partial charge in [0.15, 0.2) is 5.60 Å². The maximum atomic E-state index is 12.8. The fourth-order valence-corrected chi connectivity index (χ4v) is 4.96. The first-order valence-electron chi connectivity index (χ1n) is 11.0. The summed E-state index contributed by atoms with van der Waals surface area (Å²) < 4.78 is 6.25. The van der Waals surface area contributed by atoms with Gasteiger partial charge in [-0.1, -0.05) is 48.0 Å². The monoisotopic (exact) mass is 442 g/mol. The Hall–Kier alpha value is -1.92. The van der Waals surface area contributed by atoms with E-state index in [2.05, 4.69) is 29.2 Å². The number of fused-ring (bicyclic) bond motifs is 2. The lowest BCUT2D eigenvalue weighted by Crippen LogP contribution is -2.45. The molecule has 0 aliphatic carbocycles. The van der Waals surface area contributed by atoms with Crippen molar-refractivity contribution in [2.75, 3.05) is 33.2 Å². The molecule has 6 heteroatoms. The Morgan fingerprint density at radius 3 is 2.58 bits per heavy atom. The van der Waals surface area contributed by atoms with Gasteiger partial charge in [0.05, 0.1) is 12.2 Å². The fraction of sp³-hybridized carbons (Fsp3) is 0.480. The molecule has 31 heavy (non-hydrogen) atoms. The number of rotatable bonds is 6. The molecule has 1 N–H and O–H groups in total. The zero-order valence-electron chi connectivity index (χ0n) is 18.3. The van der Waals surface area contributed by atoms with Gasteiger partial charge in [0.2, 0.25) is 0 Å². The van der Waals surface area contributed by atoms with Gasteiger partial charge in [-0.3, -0.25) is 4.79 Å². The summed E-state index contributed by atoms with van der Waals surface area (Å²) in [6, 6.07) is 15.3. The molecule has 2 aromatic rings. The first-order chi connectivity index (χ1) is 14.8. The van der Waals surface area contributed by atoms with Crippen molar-refractivity contribution in [2.24, 2.45) is 0 Å².